The van der Waals surface area contributed by atoms with Crippen LogP contribution in [0.2, 0.25) is 0 Å². The van der Waals surface area contributed by atoms with Crippen LogP contribution in [0.25, 0.3) is 0 Å². The van der Waals surface area contributed by atoms with Gasteiger partial charge in [0.25, 0.3) is 0 Å². The maximum atomic E-state index is 12.5. The van der Waals surface area contributed by atoms with Gasteiger partial charge in [0, 0.05) is 44.8 Å². The molecule has 1 aromatic heterocycles. The molecule has 0 N–H and O–H groups in total. The van der Waals surface area contributed by atoms with Crippen LogP contribution < -0.4 is 4.90 Å². The number of piperidine rings is 1. The Morgan fingerprint density at radius 1 is 1.24 bits per heavy atom. The molecule has 3 rings (SSSR count). The topological polar surface area (TPSA) is 82.8 Å². The summed E-state index contributed by atoms with van der Waals surface area (Å²) in [4.78, 5) is 33.0. The van der Waals surface area contributed by atoms with Gasteiger partial charge in [-0.3, -0.25) is 9.69 Å². The van der Waals surface area contributed by atoms with Gasteiger partial charge in [0.1, 0.15) is 0 Å². The lowest BCUT2D eigenvalue weighted by atomic mass is 10.0. The van der Waals surface area contributed by atoms with Crippen LogP contribution in [0.1, 0.15) is 26.2 Å². The van der Waals surface area contributed by atoms with E-state index < -0.39 is 4.92 Å². The molecule has 0 radical (unpaired) electrons. The molecule has 0 aliphatic carbocycles. The standard InChI is InChI=1S/C17H25N5O3/c1-14-4-2-3-7-21(14)17(23)13-19-8-10-20(11-9-19)15-5-6-16(18-12-15)22(24)25/h5-6,12,14H,2-4,7-11,13H2,1H3. The average Bonchev–Trinajstić information content (AvgIpc) is 2.63. The van der Waals surface area contributed by atoms with Crippen molar-refractivity contribution in [3.05, 3.63) is 28.4 Å². The summed E-state index contributed by atoms with van der Waals surface area (Å²) in [5, 5.41) is 10.7. The summed E-state index contributed by atoms with van der Waals surface area (Å²) in [5.74, 6) is 0.0984. The first-order valence-corrected chi connectivity index (χ1v) is 8.92. The summed E-state index contributed by atoms with van der Waals surface area (Å²) in [7, 11) is 0. The second-order valence-electron chi connectivity index (χ2n) is 6.83. The molecule has 8 nitrogen and oxygen atoms in total. The van der Waals surface area contributed by atoms with Crippen molar-refractivity contribution in [2.45, 2.75) is 32.2 Å². The summed E-state index contributed by atoms with van der Waals surface area (Å²) in [6.07, 6.45) is 4.98. The Kier molecular flexibility index (Phi) is 5.47. The van der Waals surface area contributed by atoms with Crippen LogP contribution in [-0.2, 0) is 4.79 Å². The first-order valence-electron chi connectivity index (χ1n) is 8.92. The molecule has 2 fully saturated rings. The Balaban J connectivity index is 1.49. The Bertz CT molecular complexity index is 613. The number of aromatic nitrogens is 1. The summed E-state index contributed by atoms with van der Waals surface area (Å²) < 4.78 is 0. The monoisotopic (exact) mass is 347 g/mol. The summed E-state index contributed by atoms with van der Waals surface area (Å²) in [6.45, 7) is 6.71. The number of likely N-dealkylation sites (tertiary alicyclic amines) is 1. The maximum Gasteiger partial charge on any atom is 0.363 e. The van der Waals surface area contributed by atoms with Gasteiger partial charge in [-0.1, -0.05) is 0 Å². The fraction of sp³-hybridized carbons (Fsp3) is 0.647. The zero-order chi connectivity index (χ0) is 17.8. The molecule has 25 heavy (non-hydrogen) atoms. The number of nitrogens with zero attached hydrogens (tertiary/aromatic N) is 5. The number of nitro groups is 1. The minimum absolute atomic E-state index is 0.136. The molecule has 2 aliphatic heterocycles. The van der Waals surface area contributed by atoms with Crippen molar-refractivity contribution >= 4 is 17.4 Å². The lowest BCUT2D eigenvalue weighted by Crippen LogP contribution is -2.52. The summed E-state index contributed by atoms with van der Waals surface area (Å²) >= 11 is 0. The number of carbonyl (C=O) groups excluding carboxylic acids is 1. The van der Waals surface area contributed by atoms with Crippen LogP contribution >= 0.6 is 0 Å². The van der Waals surface area contributed by atoms with Crippen molar-refractivity contribution in [2.75, 3.05) is 44.2 Å². The number of piperazine rings is 1. The highest BCUT2D eigenvalue weighted by Crippen LogP contribution is 2.19. The van der Waals surface area contributed by atoms with Gasteiger partial charge >= 0.3 is 5.82 Å². The SMILES string of the molecule is CC1CCCCN1C(=O)CN1CCN(c2ccc([N+](=O)[O-])nc2)CC1. The van der Waals surface area contributed by atoms with Crippen molar-refractivity contribution < 1.29 is 9.72 Å². The Morgan fingerprint density at radius 3 is 2.60 bits per heavy atom. The van der Waals surface area contributed by atoms with Crippen LogP contribution in [0.5, 0.6) is 0 Å². The summed E-state index contributed by atoms with van der Waals surface area (Å²) in [6, 6.07) is 3.53. The van der Waals surface area contributed by atoms with Crippen LogP contribution in [0, 0.1) is 10.1 Å². The Hall–Kier alpha value is -2.22. The van der Waals surface area contributed by atoms with E-state index in [1.54, 1.807) is 12.3 Å². The molecular formula is C17H25N5O3. The van der Waals surface area contributed by atoms with E-state index >= 15 is 0 Å². The number of pyridine rings is 1. The molecule has 2 aliphatic rings. The molecule has 2 saturated heterocycles. The Labute approximate surface area is 147 Å². The third-order valence-electron chi connectivity index (χ3n) is 5.14. The fourth-order valence-corrected chi connectivity index (χ4v) is 3.59. The van der Waals surface area contributed by atoms with Crippen LogP contribution in [-0.4, -0.2) is 70.9 Å². The largest absolute Gasteiger partial charge is 0.366 e. The average molecular weight is 347 g/mol. The van der Waals surface area contributed by atoms with Gasteiger partial charge in [-0.15, -0.1) is 0 Å². The van der Waals surface area contributed by atoms with E-state index in [1.807, 2.05) is 4.90 Å². The molecule has 136 valence electrons. The van der Waals surface area contributed by atoms with Crippen molar-refractivity contribution in [3.63, 3.8) is 0 Å². The quantitative estimate of drug-likeness (QED) is 0.606. The molecule has 3 heterocycles. The molecule has 0 bridgehead atoms. The van der Waals surface area contributed by atoms with E-state index in [0.29, 0.717) is 12.6 Å². The van der Waals surface area contributed by atoms with Crippen molar-refractivity contribution in [2.24, 2.45) is 0 Å². The number of hydrogen-bond donors (Lipinski definition) is 0. The molecule has 1 atom stereocenters. The molecule has 0 aromatic carbocycles. The highest BCUT2D eigenvalue weighted by molar-refractivity contribution is 5.78. The van der Waals surface area contributed by atoms with Crippen LogP contribution in [0.3, 0.4) is 0 Å². The molecule has 1 unspecified atom stereocenters. The molecule has 8 heteroatoms. The third-order valence-corrected chi connectivity index (χ3v) is 5.14. The maximum absolute atomic E-state index is 12.5. The molecular weight excluding hydrogens is 322 g/mol. The second kappa shape index (κ2) is 7.77. The predicted octanol–water partition coefficient (Wildman–Crippen LogP) is 1.51. The lowest BCUT2D eigenvalue weighted by Gasteiger charge is -2.38. The zero-order valence-electron chi connectivity index (χ0n) is 14.6. The van der Waals surface area contributed by atoms with Gasteiger partial charge < -0.3 is 19.9 Å². The third kappa shape index (κ3) is 4.25. The van der Waals surface area contributed by atoms with Crippen molar-refractivity contribution in [1.29, 1.82) is 0 Å². The molecule has 0 spiro atoms. The van der Waals surface area contributed by atoms with Crippen LogP contribution in [0.15, 0.2) is 18.3 Å². The number of anilines is 1. The van der Waals surface area contributed by atoms with E-state index in [4.69, 9.17) is 0 Å². The van der Waals surface area contributed by atoms with Gasteiger partial charge in [0.05, 0.1) is 12.2 Å². The van der Waals surface area contributed by atoms with Gasteiger partial charge in [0.2, 0.25) is 5.91 Å². The Morgan fingerprint density at radius 2 is 2.00 bits per heavy atom. The number of rotatable bonds is 4. The second-order valence-corrected chi connectivity index (χ2v) is 6.83. The zero-order valence-corrected chi connectivity index (χ0v) is 14.6. The number of amides is 1. The van der Waals surface area contributed by atoms with Gasteiger partial charge in [0.15, 0.2) is 6.20 Å². The van der Waals surface area contributed by atoms with Gasteiger partial charge in [-0.25, -0.2) is 0 Å². The van der Waals surface area contributed by atoms with E-state index in [9.17, 15) is 14.9 Å². The van der Waals surface area contributed by atoms with Crippen LogP contribution in [0.4, 0.5) is 11.5 Å². The van der Waals surface area contributed by atoms with E-state index in [2.05, 4.69) is 21.7 Å². The number of carbonyl (C=O) groups is 1. The van der Waals surface area contributed by atoms with E-state index in [-0.39, 0.29) is 11.7 Å². The molecule has 1 aromatic rings. The smallest absolute Gasteiger partial charge is 0.363 e. The highest BCUT2D eigenvalue weighted by Gasteiger charge is 2.26. The fourth-order valence-electron chi connectivity index (χ4n) is 3.59. The highest BCUT2D eigenvalue weighted by atomic mass is 16.6. The first-order chi connectivity index (χ1) is 12.0. The summed E-state index contributed by atoms with van der Waals surface area (Å²) in [5.41, 5.74) is 0.890. The first kappa shape index (κ1) is 17.6. The van der Waals surface area contributed by atoms with Gasteiger partial charge in [-0.05, 0) is 42.2 Å². The minimum Gasteiger partial charge on any atom is -0.366 e. The molecule has 1 amide bonds. The van der Waals surface area contributed by atoms with E-state index in [0.717, 1.165) is 51.3 Å². The van der Waals surface area contributed by atoms with Crippen molar-refractivity contribution in [1.82, 2.24) is 14.8 Å². The lowest BCUT2D eigenvalue weighted by molar-refractivity contribution is -0.389. The van der Waals surface area contributed by atoms with Gasteiger partial charge in [-0.2, -0.15) is 0 Å². The predicted molar refractivity (Wildman–Crippen MR) is 94.6 cm³/mol. The number of hydrogen-bond acceptors (Lipinski definition) is 6. The van der Waals surface area contributed by atoms with E-state index in [1.165, 1.54) is 12.5 Å². The minimum atomic E-state index is -0.491. The molecule has 0 saturated carbocycles. The van der Waals surface area contributed by atoms with Crippen molar-refractivity contribution in [3.8, 4) is 0 Å². The normalized spacial score (nSPS) is 22.0.